The van der Waals surface area contributed by atoms with Crippen molar-refractivity contribution in [3.63, 3.8) is 0 Å². The molecule has 33 heavy (non-hydrogen) atoms. The number of carbonyl (C=O) groups is 3. The SMILES string of the molecule is Cc1c(Cl)cccc1N1C(=O)NC(=O)/C(=C\c2cc(Br)ccc2Cc2ccccc2F)C1=O. The molecule has 5 nitrogen and oxygen atoms in total. The van der Waals surface area contributed by atoms with Gasteiger partial charge in [0, 0.05) is 15.9 Å². The number of nitrogens with zero attached hydrogens (tertiary/aromatic N) is 1. The van der Waals surface area contributed by atoms with E-state index in [0.29, 0.717) is 31.7 Å². The fourth-order valence-electron chi connectivity index (χ4n) is 3.58. The summed E-state index contributed by atoms with van der Waals surface area (Å²) in [5, 5.41) is 2.60. The number of halogens is 3. The molecule has 1 N–H and O–H groups in total. The summed E-state index contributed by atoms with van der Waals surface area (Å²) in [5.74, 6) is -1.93. The van der Waals surface area contributed by atoms with Crippen molar-refractivity contribution >= 4 is 57.1 Å². The van der Waals surface area contributed by atoms with Gasteiger partial charge in [0.25, 0.3) is 11.8 Å². The normalized spacial score (nSPS) is 15.2. The Morgan fingerprint density at radius 3 is 2.55 bits per heavy atom. The summed E-state index contributed by atoms with van der Waals surface area (Å²) in [6.07, 6.45) is 1.67. The predicted octanol–water partition coefficient (Wildman–Crippen LogP) is 5.81. The number of rotatable bonds is 4. The molecule has 4 rings (SSSR count). The predicted molar refractivity (Wildman–Crippen MR) is 129 cm³/mol. The molecule has 0 aromatic heterocycles. The first kappa shape index (κ1) is 22.9. The van der Waals surface area contributed by atoms with Gasteiger partial charge < -0.3 is 0 Å². The third-order valence-corrected chi connectivity index (χ3v) is 6.23. The lowest BCUT2D eigenvalue weighted by Crippen LogP contribution is -2.54. The van der Waals surface area contributed by atoms with Crippen LogP contribution in [-0.2, 0) is 16.0 Å². The molecule has 0 spiro atoms. The summed E-state index contributed by atoms with van der Waals surface area (Å²) in [6, 6.07) is 15.7. The minimum Gasteiger partial charge on any atom is -0.273 e. The van der Waals surface area contributed by atoms with Crippen molar-refractivity contribution in [2.75, 3.05) is 4.90 Å². The second kappa shape index (κ2) is 9.29. The lowest BCUT2D eigenvalue weighted by Gasteiger charge is -2.28. The molecule has 1 saturated heterocycles. The molecule has 3 aromatic carbocycles. The highest BCUT2D eigenvalue weighted by atomic mass is 79.9. The largest absolute Gasteiger partial charge is 0.335 e. The number of amides is 4. The molecule has 3 aromatic rings. The molecule has 1 aliphatic heterocycles. The summed E-state index contributed by atoms with van der Waals surface area (Å²) in [4.78, 5) is 39.3. The Balaban J connectivity index is 1.78. The van der Waals surface area contributed by atoms with Gasteiger partial charge in [-0.05, 0) is 65.6 Å². The molecule has 8 heteroatoms. The lowest BCUT2D eigenvalue weighted by atomic mass is 9.97. The van der Waals surface area contributed by atoms with Gasteiger partial charge in [0.05, 0.1) is 5.69 Å². The van der Waals surface area contributed by atoms with Crippen LogP contribution in [0.15, 0.2) is 70.7 Å². The van der Waals surface area contributed by atoms with Crippen LogP contribution < -0.4 is 10.2 Å². The van der Waals surface area contributed by atoms with Crippen LogP contribution in [-0.4, -0.2) is 17.8 Å². The number of barbiturate groups is 1. The van der Waals surface area contributed by atoms with Gasteiger partial charge in [-0.15, -0.1) is 0 Å². The second-order valence-electron chi connectivity index (χ2n) is 7.45. The number of hydrogen-bond donors (Lipinski definition) is 1. The molecule has 4 amide bonds. The van der Waals surface area contributed by atoms with Crippen molar-refractivity contribution in [3.05, 3.63) is 104 Å². The van der Waals surface area contributed by atoms with Crippen LogP contribution >= 0.6 is 27.5 Å². The summed E-state index contributed by atoms with van der Waals surface area (Å²) in [7, 11) is 0. The number of carbonyl (C=O) groups excluding carboxylic acids is 3. The van der Waals surface area contributed by atoms with Crippen molar-refractivity contribution in [2.45, 2.75) is 13.3 Å². The van der Waals surface area contributed by atoms with E-state index >= 15 is 0 Å². The van der Waals surface area contributed by atoms with Gasteiger partial charge in [-0.3, -0.25) is 14.9 Å². The Bertz CT molecular complexity index is 1340. The topological polar surface area (TPSA) is 66.5 Å². The molecule has 0 unspecified atom stereocenters. The van der Waals surface area contributed by atoms with Gasteiger partial charge in [0.15, 0.2) is 0 Å². The first-order valence-corrected chi connectivity index (χ1v) is 11.1. The Labute approximate surface area is 203 Å². The lowest BCUT2D eigenvalue weighted by molar-refractivity contribution is -0.122. The fraction of sp³-hybridized carbons (Fsp3) is 0.0800. The van der Waals surface area contributed by atoms with E-state index in [0.717, 1.165) is 4.90 Å². The summed E-state index contributed by atoms with van der Waals surface area (Å²) >= 11 is 9.56. The zero-order chi connectivity index (χ0) is 23.7. The highest BCUT2D eigenvalue weighted by Gasteiger charge is 2.37. The van der Waals surface area contributed by atoms with Crippen molar-refractivity contribution in [1.29, 1.82) is 0 Å². The third-order valence-electron chi connectivity index (χ3n) is 5.33. The van der Waals surface area contributed by atoms with E-state index < -0.39 is 17.8 Å². The van der Waals surface area contributed by atoms with Crippen molar-refractivity contribution in [3.8, 4) is 0 Å². The van der Waals surface area contributed by atoms with Gasteiger partial charge in [-0.25, -0.2) is 14.1 Å². The molecular formula is C25H17BrClFN2O3. The monoisotopic (exact) mass is 526 g/mol. The number of hydrogen-bond acceptors (Lipinski definition) is 3. The number of imide groups is 2. The summed E-state index contributed by atoms with van der Waals surface area (Å²) < 4.78 is 14.9. The molecule has 0 saturated carbocycles. The Hall–Kier alpha value is -3.29. The van der Waals surface area contributed by atoms with Crippen LogP contribution in [0.2, 0.25) is 5.02 Å². The van der Waals surface area contributed by atoms with E-state index in [1.807, 2.05) is 0 Å². The summed E-state index contributed by atoms with van der Waals surface area (Å²) in [6.45, 7) is 1.68. The maximum absolute atomic E-state index is 14.2. The highest BCUT2D eigenvalue weighted by molar-refractivity contribution is 9.10. The molecule has 0 radical (unpaired) electrons. The number of urea groups is 1. The maximum Gasteiger partial charge on any atom is 0.335 e. The standard InChI is InChI=1S/C25H17BrClFN2O3/c1-14-20(27)6-4-8-22(14)30-24(32)19(23(31)29-25(30)33)13-17-12-18(26)10-9-15(17)11-16-5-2-3-7-21(16)28/h2-10,12-13H,11H2,1H3,(H,29,31,33)/b19-13+. The minimum absolute atomic E-state index is 0.221. The molecule has 1 heterocycles. The minimum atomic E-state index is -0.853. The molecule has 0 bridgehead atoms. The van der Waals surface area contributed by atoms with Gasteiger partial charge in [0.1, 0.15) is 11.4 Å². The fourth-order valence-corrected chi connectivity index (χ4v) is 4.13. The molecule has 166 valence electrons. The Morgan fingerprint density at radius 1 is 1.03 bits per heavy atom. The zero-order valence-electron chi connectivity index (χ0n) is 17.4. The summed E-state index contributed by atoms with van der Waals surface area (Å²) in [5.41, 5.74) is 2.32. The first-order valence-electron chi connectivity index (χ1n) is 9.94. The van der Waals surface area contributed by atoms with Crippen LogP contribution in [0.5, 0.6) is 0 Å². The Kier molecular flexibility index (Phi) is 6.44. The van der Waals surface area contributed by atoms with Gasteiger partial charge in [0.2, 0.25) is 0 Å². The van der Waals surface area contributed by atoms with Crippen molar-refractivity contribution in [1.82, 2.24) is 5.32 Å². The van der Waals surface area contributed by atoms with Crippen molar-refractivity contribution < 1.29 is 18.8 Å². The van der Waals surface area contributed by atoms with Gasteiger partial charge in [-0.2, -0.15) is 0 Å². The number of nitrogens with one attached hydrogen (secondary N) is 1. The Morgan fingerprint density at radius 2 is 1.79 bits per heavy atom. The molecule has 0 atom stereocenters. The second-order valence-corrected chi connectivity index (χ2v) is 8.78. The van der Waals surface area contributed by atoms with E-state index in [1.54, 1.807) is 61.5 Å². The van der Waals surface area contributed by atoms with E-state index in [1.165, 1.54) is 12.1 Å². The smallest absolute Gasteiger partial charge is 0.273 e. The quantitative estimate of drug-likeness (QED) is 0.344. The average Bonchev–Trinajstić information content (AvgIpc) is 2.77. The average molecular weight is 528 g/mol. The van der Waals surface area contributed by atoms with E-state index in [2.05, 4.69) is 21.2 Å². The van der Waals surface area contributed by atoms with E-state index in [-0.39, 0.29) is 23.5 Å². The maximum atomic E-state index is 14.2. The van der Waals surface area contributed by atoms with Gasteiger partial charge >= 0.3 is 6.03 Å². The number of anilines is 1. The first-order chi connectivity index (χ1) is 15.8. The van der Waals surface area contributed by atoms with E-state index in [9.17, 15) is 18.8 Å². The van der Waals surface area contributed by atoms with Crippen LogP contribution in [0.4, 0.5) is 14.9 Å². The van der Waals surface area contributed by atoms with Crippen LogP contribution in [0.25, 0.3) is 6.08 Å². The van der Waals surface area contributed by atoms with Crippen LogP contribution in [0, 0.1) is 12.7 Å². The molecule has 1 fully saturated rings. The highest BCUT2D eigenvalue weighted by Crippen LogP contribution is 2.30. The van der Waals surface area contributed by atoms with E-state index in [4.69, 9.17) is 11.6 Å². The van der Waals surface area contributed by atoms with Gasteiger partial charge in [-0.1, -0.05) is 57.9 Å². The van der Waals surface area contributed by atoms with Crippen molar-refractivity contribution in [2.24, 2.45) is 0 Å². The van der Waals surface area contributed by atoms with Crippen LogP contribution in [0.3, 0.4) is 0 Å². The third kappa shape index (κ3) is 4.60. The molecular weight excluding hydrogens is 511 g/mol. The molecule has 1 aliphatic rings. The zero-order valence-corrected chi connectivity index (χ0v) is 19.7. The number of benzene rings is 3. The molecule has 0 aliphatic carbocycles. The van der Waals surface area contributed by atoms with Crippen LogP contribution in [0.1, 0.15) is 22.3 Å².